The van der Waals surface area contributed by atoms with Crippen molar-refractivity contribution < 1.29 is 19.4 Å². The molecule has 0 aliphatic carbocycles. The molecule has 0 bridgehead atoms. The number of unbranched alkanes of at least 4 members (excludes halogenated alkanes) is 5. The van der Waals surface area contributed by atoms with Gasteiger partial charge in [-0.3, -0.25) is 29.8 Å². The Morgan fingerprint density at radius 1 is 0.676 bits per heavy atom. The van der Waals surface area contributed by atoms with Crippen molar-refractivity contribution >= 4 is 23.2 Å². The van der Waals surface area contributed by atoms with Gasteiger partial charge < -0.3 is 10.6 Å². The summed E-state index contributed by atoms with van der Waals surface area (Å²) < 4.78 is 0. The number of carbonyl (C=O) groups excluding carboxylic acids is 2. The topological polar surface area (TPSA) is 144 Å². The minimum atomic E-state index is -0.494. The normalized spacial score (nSPS) is 10.5. The van der Waals surface area contributed by atoms with Crippen molar-refractivity contribution in [1.82, 2.24) is 10.6 Å². The molecule has 10 heteroatoms. The molecule has 182 valence electrons. The highest BCUT2D eigenvalue weighted by atomic mass is 16.6. The van der Waals surface area contributed by atoms with E-state index in [4.69, 9.17) is 0 Å². The summed E-state index contributed by atoms with van der Waals surface area (Å²) in [7, 11) is 0. The molecular formula is C24H30N4O6. The lowest BCUT2D eigenvalue weighted by molar-refractivity contribution is -0.385. The molecule has 0 aliphatic heterocycles. The second-order valence-corrected chi connectivity index (χ2v) is 8.05. The van der Waals surface area contributed by atoms with Gasteiger partial charge in [0, 0.05) is 47.5 Å². The Hall–Kier alpha value is -3.82. The Balaban J connectivity index is 1.58. The Bertz CT molecular complexity index is 970. The van der Waals surface area contributed by atoms with E-state index in [9.17, 15) is 29.8 Å². The first-order chi connectivity index (χ1) is 16.2. The van der Waals surface area contributed by atoms with Gasteiger partial charge in [-0.15, -0.1) is 0 Å². The minimum Gasteiger partial charge on any atom is -0.352 e. The smallest absolute Gasteiger partial charge is 0.273 e. The van der Waals surface area contributed by atoms with Crippen molar-refractivity contribution in [3.05, 3.63) is 78.9 Å². The number of nitro groups is 2. The Morgan fingerprint density at radius 3 is 1.38 bits per heavy atom. The fourth-order valence-corrected chi connectivity index (χ4v) is 3.69. The van der Waals surface area contributed by atoms with Gasteiger partial charge >= 0.3 is 0 Å². The zero-order chi connectivity index (χ0) is 25.1. The van der Waals surface area contributed by atoms with Gasteiger partial charge in [0.15, 0.2) is 0 Å². The van der Waals surface area contributed by atoms with Gasteiger partial charge in [0.05, 0.1) is 9.85 Å². The maximum atomic E-state index is 12.3. The van der Waals surface area contributed by atoms with Gasteiger partial charge in [-0.1, -0.05) is 37.8 Å². The highest BCUT2D eigenvalue weighted by Gasteiger charge is 2.18. The highest BCUT2D eigenvalue weighted by molar-refractivity contribution is 5.97. The molecule has 0 spiro atoms. The molecule has 2 amide bonds. The zero-order valence-electron chi connectivity index (χ0n) is 19.5. The lowest BCUT2D eigenvalue weighted by atomic mass is 10.1. The zero-order valence-corrected chi connectivity index (χ0v) is 19.5. The van der Waals surface area contributed by atoms with E-state index in [1.807, 2.05) is 0 Å². The van der Waals surface area contributed by atoms with Crippen LogP contribution >= 0.6 is 0 Å². The number of hydrogen-bond donors (Lipinski definition) is 2. The van der Waals surface area contributed by atoms with Gasteiger partial charge in [-0.25, -0.2) is 0 Å². The van der Waals surface area contributed by atoms with Crippen LogP contribution in [0.5, 0.6) is 0 Å². The predicted octanol–water partition coefficient (Wildman–Crippen LogP) is 4.62. The van der Waals surface area contributed by atoms with Crippen LogP contribution in [0.15, 0.2) is 36.4 Å². The molecule has 0 saturated carbocycles. The maximum Gasteiger partial charge on any atom is 0.273 e. The Kier molecular flexibility index (Phi) is 10.1. The Morgan fingerprint density at radius 2 is 1.03 bits per heavy atom. The standard InChI is InChI=1S/C24H30N4O6/c1-17-19(11-9-13-21(17)27(31)32)23(29)25-15-7-5-3-4-6-8-16-26-24(30)20-12-10-14-22(18(20)2)28(33)34/h9-14H,3-8,15-16H2,1-2H3,(H,25,29)(H,26,30). The highest BCUT2D eigenvalue weighted by Crippen LogP contribution is 2.22. The molecule has 0 atom stereocenters. The number of nitrogens with one attached hydrogen (secondary N) is 2. The summed E-state index contributed by atoms with van der Waals surface area (Å²) >= 11 is 0. The van der Waals surface area contributed by atoms with Gasteiger partial charge in [0.1, 0.15) is 0 Å². The average Bonchev–Trinajstić information content (AvgIpc) is 2.79. The lowest BCUT2D eigenvalue weighted by Crippen LogP contribution is -2.25. The van der Waals surface area contributed by atoms with Crippen LogP contribution in [-0.4, -0.2) is 34.8 Å². The summed E-state index contributed by atoms with van der Waals surface area (Å²) in [6.07, 6.45) is 5.47. The Labute approximate surface area is 198 Å². The molecular weight excluding hydrogens is 440 g/mol. The van der Waals surface area contributed by atoms with Crippen LogP contribution in [0.2, 0.25) is 0 Å². The van der Waals surface area contributed by atoms with Crippen LogP contribution in [0.1, 0.15) is 70.4 Å². The molecule has 2 N–H and O–H groups in total. The van der Waals surface area contributed by atoms with E-state index in [-0.39, 0.29) is 23.2 Å². The summed E-state index contributed by atoms with van der Waals surface area (Å²) in [5, 5.41) is 27.6. The third-order valence-electron chi connectivity index (χ3n) is 5.67. The van der Waals surface area contributed by atoms with Crippen LogP contribution < -0.4 is 10.6 Å². The second kappa shape index (κ2) is 13.0. The fourth-order valence-electron chi connectivity index (χ4n) is 3.69. The first-order valence-electron chi connectivity index (χ1n) is 11.3. The van der Waals surface area contributed by atoms with Gasteiger partial charge in [0.2, 0.25) is 0 Å². The van der Waals surface area contributed by atoms with E-state index in [1.54, 1.807) is 26.0 Å². The second-order valence-electron chi connectivity index (χ2n) is 8.05. The van der Waals surface area contributed by atoms with Crippen molar-refractivity contribution in [3.8, 4) is 0 Å². The van der Waals surface area contributed by atoms with E-state index >= 15 is 0 Å². The quantitative estimate of drug-likeness (QED) is 0.248. The van der Waals surface area contributed by atoms with Gasteiger partial charge in [-0.05, 0) is 38.8 Å². The number of benzene rings is 2. The molecule has 2 aromatic carbocycles. The number of nitro benzene ring substituents is 2. The van der Waals surface area contributed by atoms with Crippen LogP contribution in [0.25, 0.3) is 0 Å². The summed E-state index contributed by atoms with van der Waals surface area (Å²) in [4.78, 5) is 45.6. The third-order valence-corrected chi connectivity index (χ3v) is 5.67. The number of nitrogens with zero attached hydrogens (tertiary/aromatic N) is 2. The largest absolute Gasteiger partial charge is 0.352 e. The SMILES string of the molecule is Cc1c(C(=O)NCCCCCCCCNC(=O)c2cccc([N+](=O)[O-])c2C)cccc1[N+](=O)[O-]. The molecule has 10 nitrogen and oxygen atoms in total. The molecule has 0 aliphatic rings. The first-order valence-corrected chi connectivity index (χ1v) is 11.3. The summed E-state index contributed by atoms with van der Waals surface area (Å²) in [5.74, 6) is -0.619. The number of amides is 2. The molecule has 0 radical (unpaired) electrons. The van der Waals surface area contributed by atoms with Crippen molar-refractivity contribution in [2.75, 3.05) is 13.1 Å². The monoisotopic (exact) mass is 470 g/mol. The van der Waals surface area contributed by atoms with Crippen molar-refractivity contribution in [3.63, 3.8) is 0 Å². The maximum absolute atomic E-state index is 12.3. The summed E-state index contributed by atoms with van der Waals surface area (Å²) in [6, 6.07) is 8.94. The van der Waals surface area contributed by atoms with Crippen LogP contribution in [0.4, 0.5) is 11.4 Å². The lowest BCUT2D eigenvalue weighted by Gasteiger charge is -2.09. The van der Waals surface area contributed by atoms with Crippen molar-refractivity contribution in [2.24, 2.45) is 0 Å². The summed E-state index contributed by atoms with van der Waals surface area (Å²) in [5.41, 5.74) is 1.22. The third kappa shape index (κ3) is 7.36. The molecule has 2 rings (SSSR count). The van der Waals surface area contributed by atoms with E-state index in [0.717, 1.165) is 38.5 Å². The molecule has 2 aromatic rings. The van der Waals surface area contributed by atoms with Crippen LogP contribution in [0.3, 0.4) is 0 Å². The number of hydrogen-bond acceptors (Lipinski definition) is 6. The van der Waals surface area contributed by atoms with E-state index in [0.29, 0.717) is 35.3 Å². The first kappa shape index (κ1) is 26.4. The van der Waals surface area contributed by atoms with Crippen molar-refractivity contribution in [2.45, 2.75) is 52.4 Å². The molecule has 0 saturated heterocycles. The van der Waals surface area contributed by atoms with Gasteiger partial charge in [0.25, 0.3) is 23.2 Å². The molecule has 0 unspecified atom stereocenters. The summed E-state index contributed by atoms with van der Waals surface area (Å²) in [6.45, 7) is 4.14. The average molecular weight is 471 g/mol. The fraction of sp³-hybridized carbons (Fsp3) is 0.417. The predicted molar refractivity (Wildman–Crippen MR) is 128 cm³/mol. The molecule has 0 fully saturated rings. The number of carbonyl (C=O) groups is 2. The molecule has 0 aromatic heterocycles. The van der Waals surface area contributed by atoms with Gasteiger partial charge in [-0.2, -0.15) is 0 Å². The van der Waals surface area contributed by atoms with E-state index in [1.165, 1.54) is 24.3 Å². The van der Waals surface area contributed by atoms with E-state index in [2.05, 4.69) is 10.6 Å². The molecule has 0 heterocycles. The van der Waals surface area contributed by atoms with Crippen LogP contribution in [-0.2, 0) is 0 Å². The number of rotatable bonds is 13. The van der Waals surface area contributed by atoms with E-state index < -0.39 is 9.85 Å². The van der Waals surface area contributed by atoms with Crippen LogP contribution in [0, 0.1) is 34.1 Å². The van der Waals surface area contributed by atoms with Crippen molar-refractivity contribution in [1.29, 1.82) is 0 Å². The minimum absolute atomic E-state index is 0.0657. The molecule has 34 heavy (non-hydrogen) atoms.